The third kappa shape index (κ3) is 3.12. The van der Waals surface area contributed by atoms with Crippen LogP contribution in [0.25, 0.3) is 0 Å². The molecule has 1 aliphatic heterocycles. The largest absolute Gasteiger partial charge is 0.486 e. The zero-order chi connectivity index (χ0) is 13.8. The summed E-state index contributed by atoms with van der Waals surface area (Å²) in [6.07, 6.45) is 5.34. The SMILES string of the molecule is O=C(Nc1ccccc1O[C@H]1CCOC1)C1CCCC1. The number of anilines is 1. The van der Waals surface area contributed by atoms with Crippen molar-refractivity contribution in [1.82, 2.24) is 0 Å². The monoisotopic (exact) mass is 275 g/mol. The lowest BCUT2D eigenvalue weighted by molar-refractivity contribution is -0.119. The van der Waals surface area contributed by atoms with Gasteiger partial charge in [0, 0.05) is 12.3 Å². The molecule has 1 aromatic carbocycles. The first-order chi connectivity index (χ1) is 9.83. The smallest absolute Gasteiger partial charge is 0.227 e. The van der Waals surface area contributed by atoms with Gasteiger partial charge >= 0.3 is 0 Å². The molecule has 0 radical (unpaired) electrons. The standard InChI is InChI=1S/C16H21NO3/c18-16(12-5-1-2-6-12)17-14-7-3-4-8-15(14)20-13-9-10-19-11-13/h3-4,7-8,12-13H,1-2,5-6,9-11H2,(H,17,18)/t13-/m0/s1. The molecule has 1 amide bonds. The van der Waals surface area contributed by atoms with Crippen LogP contribution in [-0.4, -0.2) is 25.2 Å². The Labute approximate surface area is 119 Å². The van der Waals surface area contributed by atoms with Gasteiger partial charge in [-0.25, -0.2) is 0 Å². The lowest BCUT2D eigenvalue weighted by Gasteiger charge is -2.17. The summed E-state index contributed by atoms with van der Waals surface area (Å²) in [6.45, 7) is 1.38. The Balaban J connectivity index is 1.66. The minimum absolute atomic E-state index is 0.0968. The van der Waals surface area contributed by atoms with Gasteiger partial charge < -0.3 is 14.8 Å². The molecular weight excluding hydrogens is 254 g/mol. The molecule has 1 aromatic rings. The van der Waals surface area contributed by atoms with E-state index in [-0.39, 0.29) is 17.9 Å². The van der Waals surface area contributed by atoms with E-state index in [4.69, 9.17) is 9.47 Å². The summed E-state index contributed by atoms with van der Waals surface area (Å²) in [4.78, 5) is 12.2. The summed E-state index contributed by atoms with van der Waals surface area (Å²) in [5.74, 6) is 1.04. The molecule has 1 aliphatic carbocycles. The quantitative estimate of drug-likeness (QED) is 0.919. The normalized spacial score (nSPS) is 22.9. The molecule has 2 aliphatic rings. The number of para-hydroxylation sites is 2. The Bertz CT molecular complexity index is 463. The maximum Gasteiger partial charge on any atom is 0.227 e. The van der Waals surface area contributed by atoms with Crippen molar-refractivity contribution in [2.45, 2.75) is 38.2 Å². The summed E-state index contributed by atoms with van der Waals surface area (Å²) in [7, 11) is 0. The predicted molar refractivity (Wildman–Crippen MR) is 76.9 cm³/mol. The predicted octanol–water partition coefficient (Wildman–Crippen LogP) is 2.98. The van der Waals surface area contributed by atoms with E-state index in [1.54, 1.807) is 0 Å². The number of rotatable bonds is 4. The average Bonchev–Trinajstić information content (AvgIpc) is 3.13. The molecule has 1 heterocycles. The number of benzene rings is 1. The van der Waals surface area contributed by atoms with Gasteiger partial charge in [-0.15, -0.1) is 0 Å². The van der Waals surface area contributed by atoms with Crippen molar-refractivity contribution in [2.75, 3.05) is 18.5 Å². The Hall–Kier alpha value is -1.55. The summed E-state index contributed by atoms with van der Waals surface area (Å²) >= 11 is 0. The fourth-order valence-electron chi connectivity index (χ4n) is 2.88. The van der Waals surface area contributed by atoms with Crippen LogP contribution in [0.4, 0.5) is 5.69 Å². The van der Waals surface area contributed by atoms with E-state index >= 15 is 0 Å². The third-order valence-electron chi connectivity index (χ3n) is 4.05. The third-order valence-corrected chi connectivity index (χ3v) is 4.05. The van der Waals surface area contributed by atoms with Gasteiger partial charge in [0.1, 0.15) is 11.9 Å². The van der Waals surface area contributed by atoms with Crippen molar-refractivity contribution < 1.29 is 14.3 Å². The first-order valence-corrected chi connectivity index (χ1v) is 7.47. The zero-order valence-corrected chi connectivity index (χ0v) is 11.6. The molecule has 3 rings (SSSR count). The van der Waals surface area contributed by atoms with Crippen molar-refractivity contribution >= 4 is 11.6 Å². The van der Waals surface area contributed by atoms with Crippen LogP contribution in [0.15, 0.2) is 24.3 Å². The molecule has 2 fully saturated rings. The van der Waals surface area contributed by atoms with E-state index in [1.807, 2.05) is 24.3 Å². The van der Waals surface area contributed by atoms with E-state index < -0.39 is 0 Å². The second-order valence-corrected chi connectivity index (χ2v) is 5.57. The first kappa shape index (κ1) is 13.4. The second kappa shape index (κ2) is 6.27. The van der Waals surface area contributed by atoms with Crippen LogP contribution >= 0.6 is 0 Å². The highest BCUT2D eigenvalue weighted by molar-refractivity contribution is 5.94. The van der Waals surface area contributed by atoms with Gasteiger partial charge in [0.25, 0.3) is 0 Å². The Kier molecular flexibility index (Phi) is 4.21. The van der Waals surface area contributed by atoms with Crippen LogP contribution in [0, 0.1) is 5.92 Å². The highest BCUT2D eigenvalue weighted by Gasteiger charge is 2.24. The van der Waals surface area contributed by atoms with Crippen LogP contribution in [-0.2, 0) is 9.53 Å². The average molecular weight is 275 g/mol. The van der Waals surface area contributed by atoms with Crippen molar-refractivity contribution in [3.8, 4) is 5.75 Å². The number of amides is 1. The molecule has 1 atom stereocenters. The first-order valence-electron chi connectivity index (χ1n) is 7.47. The molecule has 0 aromatic heterocycles. The van der Waals surface area contributed by atoms with Gasteiger partial charge in [0.05, 0.1) is 18.9 Å². The van der Waals surface area contributed by atoms with Gasteiger partial charge in [-0.2, -0.15) is 0 Å². The topological polar surface area (TPSA) is 47.6 Å². The molecule has 0 unspecified atom stereocenters. The van der Waals surface area contributed by atoms with Gasteiger partial charge in [-0.3, -0.25) is 4.79 Å². The fraction of sp³-hybridized carbons (Fsp3) is 0.562. The van der Waals surface area contributed by atoms with Crippen LogP contribution < -0.4 is 10.1 Å². The molecule has 1 N–H and O–H groups in total. The molecular formula is C16H21NO3. The van der Waals surface area contributed by atoms with Crippen molar-refractivity contribution in [3.05, 3.63) is 24.3 Å². The number of carbonyl (C=O) groups is 1. The Morgan fingerprint density at radius 2 is 2.00 bits per heavy atom. The van der Waals surface area contributed by atoms with Crippen LogP contribution in [0.2, 0.25) is 0 Å². The molecule has 4 nitrogen and oxygen atoms in total. The molecule has 20 heavy (non-hydrogen) atoms. The summed E-state index contributed by atoms with van der Waals surface area (Å²) in [5, 5.41) is 3.02. The van der Waals surface area contributed by atoms with E-state index in [9.17, 15) is 4.79 Å². The van der Waals surface area contributed by atoms with Gasteiger partial charge in [0.15, 0.2) is 0 Å². The lowest BCUT2D eigenvalue weighted by Crippen LogP contribution is -2.22. The molecule has 4 heteroatoms. The summed E-state index contributed by atoms with van der Waals surface area (Å²) < 4.78 is 11.2. The number of ether oxygens (including phenoxy) is 2. The molecule has 1 saturated heterocycles. The van der Waals surface area contributed by atoms with E-state index in [1.165, 1.54) is 0 Å². The van der Waals surface area contributed by atoms with Crippen LogP contribution in [0.5, 0.6) is 5.75 Å². The van der Waals surface area contributed by atoms with Gasteiger partial charge in [-0.1, -0.05) is 25.0 Å². The second-order valence-electron chi connectivity index (χ2n) is 5.57. The van der Waals surface area contributed by atoms with Crippen LogP contribution in [0.1, 0.15) is 32.1 Å². The number of hydrogen-bond acceptors (Lipinski definition) is 3. The van der Waals surface area contributed by atoms with Crippen molar-refractivity contribution in [1.29, 1.82) is 0 Å². The Morgan fingerprint density at radius 1 is 1.20 bits per heavy atom. The minimum Gasteiger partial charge on any atom is -0.486 e. The zero-order valence-electron chi connectivity index (χ0n) is 11.6. The van der Waals surface area contributed by atoms with Crippen molar-refractivity contribution in [2.24, 2.45) is 5.92 Å². The highest BCUT2D eigenvalue weighted by atomic mass is 16.5. The maximum atomic E-state index is 12.2. The van der Waals surface area contributed by atoms with Crippen molar-refractivity contribution in [3.63, 3.8) is 0 Å². The van der Waals surface area contributed by atoms with Gasteiger partial charge in [0.2, 0.25) is 5.91 Å². The lowest BCUT2D eigenvalue weighted by atomic mass is 10.1. The highest BCUT2D eigenvalue weighted by Crippen LogP contribution is 2.30. The maximum absolute atomic E-state index is 12.2. The molecule has 0 bridgehead atoms. The Morgan fingerprint density at radius 3 is 2.75 bits per heavy atom. The van der Waals surface area contributed by atoms with E-state index in [2.05, 4.69) is 5.32 Å². The fourth-order valence-corrected chi connectivity index (χ4v) is 2.88. The van der Waals surface area contributed by atoms with Crippen LogP contribution in [0.3, 0.4) is 0 Å². The summed E-state index contributed by atoms with van der Waals surface area (Å²) in [5.41, 5.74) is 0.774. The number of hydrogen-bond donors (Lipinski definition) is 1. The number of carbonyl (C=O) groups excluding carboxylic acids is 1. The summed E-state index contributed by atoms with van der Waals surface area (Å²) in [6, 6.07) is 7.65. The van der Waals surface area contributed by atoms with Gasteiger partial charge in [-0.05, 0) is 25.0 Å². The molecule has 108 valence electrons. The molecule has 1 saturated carbocycles. The molecule has 0 spiro atoms. The van der Waals surface area contributed by atoms with E-state index in [0.717, 1.165) is 50.1 Å². The number of nitrogens with one attached hydrogen (secondary N) is 1. The van der Waals surface area contributed by atoms with E-state index in [0.29, 0.717) is 6.61 Å². The minimum atomic E-state index is 0.0968.